The van der Waals surface area contributed by atoms with Crippen LogP contribution in [0.4, 0.5) is 5.82 Å². The molecule has 2 amide bonds. The van der Waals surface area contributed by atoms with Crippen molar-refractivity contribution in [2.75, 3.05) is 37.8 Å². The van der Waals surface area contributed by atoms with E-state index in [4.69, 9.17) is 25.3 Å². The largest absolute Gasteiger partial charge is 0.481 e. The first-order valence-corrected chi connectivity index (χ1v) is 21.9. The lowest BCUT2D eigenvalue weighted by Gasteiger charge is -2.30. The number of anilines is 1. The van der Waals surface area contributed by atoms with Crippen LogP contribution in [-0.2, 0) is 52.4 Å². The van der Waals surface area contributed by atoms with Crippen molar-refractivity contribution in [3.8, 4) is 0 Å². The molecule has 0 radical (unpaired) electrons. The Morgan fingerprint density at radius 2 is 1.71 bits per heavy atom. The van der Waals surface area contributed by atoms with Crippen molar-refractivity contribution in [2.45, 2.75) is 62.4 Å². The average molecular weight is 873 g/mol. The van der Waals surface area contributed by atoms with E-state index in [0.29, 0.717) is 18.8 Å². The number of phosphoric acid groups is 3. The standard InChI is InChI=1S/C28H43N8O16P3S/c1-28(2,23(39)26(40)32-8-7-19(37)31-9-10-56-17-5-3-16(11-29)4-6-17)13-49-55(46,47)52-54(44,45)48-12-18-22(51-53(41,42)43)21(38)27(50-18)36-15-35-20-24(30)33-14-34-25(20)36/h3-6,14-15,18,21-23,27,38-39H,7-13,29H2,1-2H3,(H,31,37)(H,32,40)(H,44,45)(H,46,47)(H2,30,33,34)(H2,41,42,43)/t18-,21-,22-,23+,27-/m1/s1. The lowest BCUT2D eigenvalue weighted by Crippen LogP contribution is -2.46. The summed E-state index contributed by atoms with van der Waals surface area (Å²) in [7, 11) is -16.4. The van der Waals surface area contributed by atoms with Crippen LogP contribution in [0.25, 0.3) is 11.2 Å². The molecule has 312 valence electrons. The Balaban J connectivity index is 1.23. The van der Waals surface area contributed by atoms with Crippen molar-refractivity contribution >= 4 is 64.0 Å². The fourth-order valence-electron chi connectivity index (χ4n) is 5.02. The molecule has 0 aliphatic carbocycles. The first-order valence-electron chi connectivity index (χ1n) is 16.4. The second-order valence-corrected chi connectivity index (χ2v) is 18.2. The highest BCUT2D eigenvalue weighted by atomic mass is 32.2. The van der Waals surface area contributed by atoms with E-state index >= 15 is 0 Å². The number of carbonyl (C=O) groups excluding carboxylic acids is 2. The number of phosphoric ester groups is 3. The fraction of sp³-hybridized carbons (Fsp3) is 0.536. The zero-order valence-electron chi connectivity index (χ0n) is 29.8. The minimum Gasteiger partial charge on any atom is -0.386 e. The summed E-state index contributed by atoms with van der Waals surface area (Å²) in [6.45, 7) is 1.19. The quantitative estimate of drug-likeness (QED) is 0.0372. The Hall–Kier alpha value is -2.93. The molecule has 2 unspecified atom stereocenters. The molecule has 1 saturated heterocycles. The number of aliphatic hydroxyl groups excluding tert-OH is 2. The minimum absolute atomic E-state index is 0.0354. The number of hydrogen-bond donors (Lipinski definition) is 10. The zero-order valence-corrected chi connectivity index (χ0v) is 33.3. The summed E-state index contributed by atoms with van der Waals surface area (Å²) in [4.78, 5) is 76.7. The van der Waals surface area contributed by atoms with Gasteiger partial charge in [-0.2, -0.15) is 4.31 Å². The molecule has 1 fully saturated rings. The predicted octanol–water partition coefficient (Wildman–Crippen LogP) is -0.344. The third kappa shape index (κ3) is 13.0. The summed E-state index contributed by atoms with van der Waals surface area (Å²) in [5, 5.41) is 26.5. The van der Waals surface area contributed by atoms with E-state index in [2.05, 4.69) is 34.4 Å². The van der Waals surface area contributed by atoms with Gasteiger partial charge in [0.25, 0.3) is 0 Å². The van der Waals surface area contributed by atoms with Gasteiger partial charge in [0, 0.05) is 42.1 Å². The Bertz CT molecular complexity index is 1970. The number of rotatable bonds is 21. The number of nitrogens with two attached hydrogens (primary N) is 2. The SMILES string of the molecule is CC(C)(COP(=O)(O)OP(=O)(O)OC[C@H]1O[C@@H](n2cnc3c(N)ncnc32)[C@H](O)[C@@H]1OP(=O)(O)O)[C@@H](O)C(=O)NCCC(=O)NCCSc1ccc(CN)cc1. The number of carbonyl (C=O) groups is 2. The van der Waals surface area contributed by atoms with Crippen molar-refractivity contribution < 1.29 is 75.7 Å². The molecular weight excluding hydrogens is 829 g/mol. The third-order valence-corrected chi connectivity index (χ3v) is 12.0. The molecule has 7 atom stereocenters. The van der Waals surface area contributed by atoms with E-state index in [-0.39, 0.29) is 35.9 Å². The van der Waals surface area contributed by atoms with Gasteiger partial charge in [-0.1, -0.05) is 26.0 Å². The van der Waals surface area contributed by atoms with Crippen molar-refractivity contribution in [3.05, 3.63) is 42.5 Å². The van der Waals surface area contributed by atoms with E-state index in [9.17, 15) is 53.1 Å². The molecular formula is C28H43N8O16P3S. The number of thioether (sulfide) groups is 1. The molecule has 1 aliphatic rings. The van der Waals surface area contributed by atoms with Gasteiger partial charge in [-0.05, 0) is 17.7 Å². The van der Waals surface area contributed by atoms with Crippen molar-refractivity contribution in [1.29, 1.82) is 0 Å². The summed E-state index contributed by atoms with van der Waals surface area (Å²) in [5.74, 6) is -0.751. The van der Waals surface area contributed by atoms with Crippen LogP contribution in [0.15, 0.2) is 41.8 Å². The molecule has 0 bridgehead atoms. The molecule has 0 saturated carbocycles. The summed E-state index contributed by atoms with van der Waals surface area (Å²) in [6.07, 6.45) is -6.80. The predicted molar refractivity (Wildman–Crippen MR) is 195 cm³/mol. The molecule has 1 aliphatic heterocycles. The highest BCUT2D eigenvalue weighted by Gasteiger charge is 2.50. The highest BCUT2D eigenvalue weighted by molar-refractivity contribution is 7.99. The maximum Gasteiger partial charge on any atom is 0.481 e. The maximum absolute atomic E-state index is 12.7. The molecule has 24 nitrogen and oxygen atoms in total. The zero-order chi connectivity index (χ0) is 41.5. The molecule has 0 spiro atoms. The second-order valence-electron chi connectivity index (χ2n) is 12.8. The van der Waals surface area contributed by atoms with Crippen LogP contribution >= 0.6 is 35.2 Å². The third-order valence-electron chi connectivity index (χ3n) is 7.93. The van der Waals surface area contributed by atoms with Gasteiger partial charge in [0.05, 0.1) is 19.5 Å². The van der Waals surface area contributed by atoms with E-state index in [1.165, 1.54) is 25.6 Å². The lowest BCUT2D eigenvalue weighted by molar-refractivity contribution is -0.137. The Morgan fingerprint density at radius 3 is 2.38 bits per heavy atom. The van der Waals surface area contributed by atoms with Crippen molar-refractivity contribution in [1.82, 2.24) is 30.2 Å². The number of fused-ring (bicyclic) bond motifs is 1. The van der Waals surface area contributed by atoms with Gasteiger partial charge in [-0.25, -0.2) is 28.6 Å². The number of aliphatic hydroxyl groups is 2. The van der Waals surface area contributed by atoms with Crippen molar-refractivity contribution in [2.24, 2.45) is 11.1 Å². The molecule has 4 rings (SSSR count). The Kier molecular flexibility index (Phi) is 15.7. The maximum atomic E-state index is 12.7. The van der Waals surface area contributed by atoms with Gasteiger partial charge in [0.15, 0.2) is 17.7 Å². The normalized spacial score (nSPS) is 21.7. The average Bonchev–Trinajstić information content (AvgIpc) is 3.68. The fourth-order valence-corrected chi connectivity index (χ4v) is 8.62. The van der Waals surface area contributed by atoms with Gasteiger partial charge in [-0.3, -0.25) is 27.7 Å². The summed E-state index contributed by atoms with van der Waals surface area (Å²) in [6, 6.07) is 7.68. The van der Waals surface area contributed by atoms with Crippen LogP contribution in [0.3, 0.4) is 0 Å². The van der Waals surface area contributed by atoms with Gasteiger partial charge < -0.3 is 56.6 Å². The lowest BCUT2D eigenvalue weighted by atomic mass is 9.87. The van der Waals surface area contributed by atoms with Crippen LogP contribution < -0.4 is 22.1 Å². The summed E-state index contributed by atoms with van der Waals surface area (Å²) < 4.78 is 62.2. The molecule has 12 N–H and O–H groups in total. The van der Waals surface area contributed by atoms with Crippen molar-refractivity contribution in [3.63, 3.8) is 0 Å². The number of nitrogens with one attached hydrogen (secondary N) is 2. The molecule has 2 aromatic heterocycles. The Labute approximate surface area is 323 Å². The van der Waals surface area contributed by atoms with Crippen LogP contribution in [-0.4, -0.2) is 118 Å². The van der Waals surface area contributed by atoms with Gasteiger partial charge in [-0.15, -0.1) is 11.8 Å². The van der Waals surface area contributed by atoms with E-state index < -0.39 is 78.6 Å². The van der Waals surface area contributed by atoms with Crippen LogP contribution in [0.5, 0.6) is 0 Å². The van der Waals surface area contributed by atoms with E-state index in [0.717, 1.165) is 27.7 Å². The van der Waals surface area contributed by atoms with Crippen LogP contribution in [0, 0.1) is 5.41 Å². The van der Waals surface area contributed by atoms with Crippen LogP contribution in [0.2, 0.25) is 0 Å². The summed E-state index contributed by atoms with van der Waals surface area (Å²) >= 11 is 1.53. The van der Waals surface area contributed by atoms with Gasteiger partial charge in [0.2, 0.25) is 11.8 Å². The topological polar surface area (TPSA) is 373 Å². The number of aromatic nitrogens is 4. The molecule has 3 aromatic rings. The van der Waals surface area contributed by atoms with E-state index in [1.54, 1.807) is 0 Å². The number of amides is 2. The highest BCUT2D eigenvalue weighted by Crippen LogP contribution is 2.61. The molecule has 28 heteroatoms. The number of nitrogen functional groups attached to an aromatic ring is 1. The van der Waals surface area contributed by atoms with E-state index in [1.807, 2.05) is 24.3 Å². The second kappa shape index (κ2) is 19.2. The molecule has 56 heavy (non-hydrogen) atoms. The smallest absolute Gasteiger partial charge is 0.386 e. The van der Waals surface area contributed by atoms with Gasteiger partial charge >= 0.3 is 23.5 Å². The van der Waals surface area contributed by atoms with Crippen LogP contribution in [0.1, 0.15) is 32.1 Å². The first-order chi connectivity index (χ1) is 26.1. The molecule has 3 heterocycles. The number of hydrogen-bond acceptors (Lipinski definition) is 18. The minimum atomic E-state index is -5.56. The first kappa shape index (κ1) is 45.8. The number of imidazole rings is 1. The number of ether oxygens (including phenoxy) is 1. The van der Waals surface area contributed by atoms with Gasteiger partial charge in [0.1, 0.15) is 36.3 Å². The summed E-state index contributed by atoms with van der Waals surface area (Å²) in [5.41, 5.74) is 10.9. The number of nitrogens with zero attached hydrogens (tertiary/aromatic N) is 4. The Morgan fingerprint density at radius 1 is 1.04 bits per heavy atom. The monoisotopic (exact) mass is 872 g/mol. The molecule has 1 aromatic carbocycles. The number of benzene rings is 1.